The molecule has 9 aromatic rings. The highest BCUT2D eigenvalue weighted by Gasteiger charge is 2.21. The molecule has 288 valence electrons. The summed E-state index contributed by atoms with van der Waals surface area (Å²) in [5.74, 6) is 0. The van der Waals surface area contributed by atoms with E-state index in [1.807, 2.05) is 0 Å². The molecule has 0 N–H and O–H groups in total. The van der Waals surface area contributed by atoms with E-state index in [2.05, 4.69) is 211 Å². The van der Waals surface area contributed by atoms with Crippen LogP contribution in [-0.2, 0) is 0 Å². The van der Waals surface area contributed by atoms with Crippen molar-refractivity contribution in [3.63, 3.8) is 0 Å². The van der Waals surface area contributed by atoms with Crippen LogP contribution in [-0.4, -0.2) is 4.57 Å². The zero-order valence-electron chi connectivity index (χ0n) is 33.7. The molecule has 0 fully saturated rings. The minimum absolute atomic E-state index is 0.871. The summed E-state index contributed by atoms with van der Waals surface area (Å²) in [7, 11) is 0. The van der Waals surface area contributed by atoms with E-state index in [1.165, 1.54) is 49.7 Å². The number of nitrogens with zero attached hydrogens (tertiary/aromatic N) is 2. The minimum Gasteiger partial charge on any atom is -0.454 e. The zero-order valence-corrected chi connectivity index (χ0v) is 33.7. The second-order valence-corrected chi connectivity index (χ2v) is 16.0. The largest absolute Gasteiger partial charge is 0.454 e. The first kappa shape index (κ1) is 35.8. The van der Waals surface area contributed by atoms with Crippen LogP contribution >= 0.6 is 0 Å². The van der Waals surface area contributed by atoms with Crippen molar-refractivity contribution in [3.05, 3.63) is 217 Å². The Hall–Kier alpha value is -7.36. The summed E-state index contributed by atoms with van der Waals surface area (Å²) in [6.07, 6.45) is 17.6. The van der Waals surface area contributed by atoms with E-state index in [4.69, 9.17) is 4.42 Å². The molecule has 0 atom stereocenters. The van der Waals surface area contributed by atoms with Crippen molar-refractivity contribution in [1.82, 2.24) is 4.57 Å². The van der Waals surface area contributed by atoms with Crippen molar-refractivity contribution >= 4 is 60.7 Å². The molecule has 2 aliphatic rings. The van der Waals surface area contributed by atoms with E-state index in [0.717, 1.165) is 87.0 Å². The Morgan fingerprint density at radius 2 is 1.30 bits per heavy atom. The van der Waals surface area contributed by atoms with E-state index in [1.54, 1.807) is 0 Å². The van der Waals surface area contributed by atoms with Crippen molar-refractivity contribution < 1.29 is 4.42 Å². The van der Waals surface area contributed by atoms with Gasteiger partial charge in [-0.1, -0.05) is 146 Å². The third kappa shape index (κ3) is 6.13. The molecule has 0 saturated carbocycles. The molecule has 11 rings (SSSR count). The van der Waals surface area contributed by atoms with E-state index in [0.29, 0.717) is 0 Å². The molecule has 0 aliphatic heterocycles. The first-order chi connectivity index (χ1) is 29.6. The maximum absolute atomic E-state index is 6.99. The molecule has 0 radical (unpaired) electrons. The van der Waals surface area contributed by atoms with Gasteiger partial charge in [0, 0.05) is 38.6 Å². The SMILES string of the molecule is C=C(C1=CC=CCC1)N(c1ccc(-c2ccc3c(c2)oc2c(-n4c5cc(C6=CCCC=C6)ccc5c5ccc(-c6ccccc6)cc54)cccc23)cc1)c1ccccc1C. The predicted octanol–water partition coefficient (Wildman–Crippen LogP) is 16.0. The van der Waals surface area contributed by atoms with Gasteiger partial charge in [-0.15, -0.1) is 0 Å². The van der Waals surface area contributed by atoms with Crippen LogP contribution in [0.1, 0.15) is 36.8 Å². The average Bonchev–Trinajstić information content (AvgIpc) is 3.85. The number of furan rings is 1. The molecule has 0 unspecified atom stereocenters. The van der Waals surface area contributed by atoms with Crippen LogP contribution in [0, 0.1) is 6.92 Å². The van der Waals surface area contributed by atoms with Crippen molar-refractivity contribution in [2.24, 2.45) is 0 Å². The quantitative estimate of drug-likeness (QED) is 0.153. The lowest BCUT2D eigenvalue weighted by molar-refractivity contribution is 0.666. The monoisotopic (exact) mass is 772 g/mol. The van der Waals surface area contributed by atoms with Crippen LogP contribution in [0.4, 0.5) is 11.4 Å². The number of fused-ring (bicyclic) bond motifs is 6. The summed E-state index contributed by atoms with van der Waals surface area (Å²) in [4.78, 5) is 2.30. The van der Waals surface area contributed by atoms with Crippen molar-refractivity contribution in [1.29, 1.82) is 0 Å². The van der Waals surface area contributed by atoms with E-state index in [-0.39, 0.29) is 0 Å². The smallest absolute Gasteiger partial charge is 0.159 e. The number of aryl methyl sites for hydroxylation is 1. The Kier molecular flexibility index (Phi) is 8.82. The van der Waals surface area contributed by atoms with Crippen molar-refractivity contribution in [2.45, 2.75) is 32.6 Å². The number of hydrogen-bond donors (Lipinski definition) is 0. The van der Waals surface area contributed by atoms with Crippen LogP contribution in [0.2, 0.25) is 0 Å². The molecule has 0 amide bonds. The van der Waals surface area contributed by atoms with Gasteiger partial charge in [-0.05, 0) is 126 Å². The van der Waals surface area contributed by atoms with E-state index in [9.17, 15) is 0 Å². The molecule has 3 nitrogen and oxygen atoms in total. The summed E-state index contributed by atoms with van der Waals surface area (Å²) in [5.41, 5.74) is 18.0. The Morgan fingerprint density at radius 1 is 0.600 bits per heavy atom. The van der Waals surface area contributed by atoms with Gasteiger partial charge >= 0.3 is 0 Å². The van der Waals surface area contributed by atoms with Gasteiger partial charge in [-0.25, -0.2) is 0 Å². The normalized spacial score (nSPS) is 13.9. The zero-order chi connectivity index (χ0) is 40.2. The molecule has 60 heavy (non-hydrogen) atoms. The van der Waals surface area contributed by atoms with E-state index >= 15 is 0 Å². The Labute approximate surface area is 350 Å². The van der Waals surface area contributed by atoms with Gasteiger partial charge in [-0.2, -0.15) is 0 Å². The van der Waals surface area contributed by atoms with Gasteiger partial charge in [0.05, 0.1) is 16.7 Å². The number of anilines is 2. The van der Waals surface area contributed by atoms with Gasteiger partial charge in [-0.3, -0.25) is 0 Å². The maximum atomic E-state index is 6.99. The predicted molar refractivity (Wildman–Crippen MR) is 254 cm³/mol. The molecule has 0 spiro atoms. The number of para-hydroxylation sites is 2. The molecular formula is C57H44N2O. The van der Waals surface area contributed by atoms with Crippen molar-refractivity contribution in [3.8, 4) is 27.9 Å². The first-order valence-corrected chi connectivity index (χ1v) is 21.1. The fourth-order valence-electron chi connectivity index (χ4n) is 9.28. The van der Waals surface area contributed by atoms with Gasteiger partial charge in [0.2, 0.25) is 0 Å². The number of rotatable bonds is 8. The number of aromatic nitrogens is 1. The Morgan fingerprint density at radius 3 is 2.05 bits per heavy atom. The van der Waals surface area contributed by atoms with Crippen LogP contribution in [0.15, 0.2) is 210 Å². The summed E-state index contributed by atoms with van der Waals surface area (Å²) in [6.45, 7) is 6.78. The van der Waals surface area contributed by atoms with Crippen LogP contribution in [0.3, 0.4) is 0 Å². The second kappa shape index (κ2) is 14.8. The van der Waals surface area contributed by atoms with Gasteiger partial charge in [0.1, 0.15) is 5.58 Å². The minimum atomic E-state index is 0.871. The third-order valence-electron chi connectivity index (χ3n) is 12.4. The lowest BCUT2D eigenvalue weighted by Gasteiger charge is -2.30. The summed E-state index contributed by atoms with van der Waals surface area (Å²) < 4.78 is 9.41. The molecule has 2 aromatic heterocycles. The molecule has 0 bridgehead atoms. The summed E-state index contributed by atoms with van der Waals surface area (Å²) >= 11 is 0. The first-order valence-electron chi connectivity index (χ1n) is 21.1. The third-order valence-corrected chi connectivity index (χ3v) is 12.4. The van der Waals surface area contributed by atoms with Crippen molar-refractivity contribution in [2.75, 3.05) is 4.90 Å². The standard InChI is InChI=1S/C57H44N2O/c1-38-15-12-13-23-52(38)58(39(2)40-16-6-3-7-17-40)47-30-25-43(26-31-47)46-29-34-50-51-22-14-24-53(57(51)60-56(50)37-46)59-54-35-44(41-18-8-4-9-19-41)27-32-48(54)49-33-28-45(36-55(49)59)42-20-10-5-11-21-42/h3-4,6,8-10,12-16,18-37H,2,5,7,11,17H2,1H3. The lowest BCUT2D eigenvalue weighted by atomic mass is 9.98. The number of benzene rings is 7. The molecule has 2 aliphatic carbocycles. The Balaban J connectivity index is 1.03. The van der Waals surface area contributed by atoms with Crippen LogP contribution in [0.25, 0.3) is 77.3 Å². The van der Waals surface area contributed by atoms with E-state index < -0.39 is 0 Å². The highest BCUT2D eigenvalue weighted by molar-refractivity contribution is 6.14. The number of hydrogen-bond acceptors (Lipinski definition) is 2. The molecule has 0 saturated heterocycles. The second-order valence-electron chi connectivity index (χ2n) is 16.0. The molecular weight excluding hydrogens is 729 g/mol. The summed E-state index contributed by atoms with van der Waals surface area (Å²) in [5, 5.41) is 4.66. The Bertz CT molecular complexity index is 3280. The topological polar surface area (TPSA) is 21.3 Å². The van der Waals surface area contributed by atoms with Gasteiger partial charge < -0.3 is 13.9 Å². The summed E-state index contributed by atoms with van der Waals surface area (Å²) in [6, 6.07) is 55.1. The molecule has 2 heterocycles. The van der Waals surface area contributed by atoms with Crippen LogP contribution in [0.5, 0.6) is 0 Å². The highest BCUT2D eigenvalue weighted by Crippen LogP contribution is 2.42. The fraction of sp³-hybridized carbons (Fsp3) is 0.0877. The number of allylic oxidation sites excluding steroid dienone is 8. The lowest BCUT2D eigenvalue weighted by Crippen LogP contribution is -2.18. The fourth-order valence-corrected chi connectivity index (χ4v) is 9.28. The molecule has 7 aromatic carbocycles. The van der Waals surface area contributed by atoms with Crippen LogP contribution < -0.4 is 4.90 Å². The highest BCUT2D eigenvalue weighted by atomic mass is 16.3. The molecule has 3 heteroatoms. The van der Waals surface area contributed by atoms with Gasteiger partial charge in [0.15, 0.2) is 5.58 Å². The van der Waals surface area contributed by atoms with Gasteiger partial charge in [0.25, 0.3) is 0 Å². The maximum Gasteiger partial charge on any atom is 0.159 e. The average molecular weight is 773 g/mol.